The molecule has 2 heteroatoms. The normalized spacial score (nSPS) is 13.9. The Balaban J connectivity index is 3.29. The third-order valence-electron chi connectivity index (χ3n) is 5.36. The molecule has 0 aromatic heterocycles. The van der Waals surface area contributed by atoms with Crippen LogP contribution in [0.4, 0.5) is 0 Å². The van der Waals surface area contributed by atoms with E-state index in [9.17, 15) is 0 Å². The minimum Gasteiger partial charge on any atom is -0.176 e. The van der Waals surface area contributed by atoms with Crippen LogP contribution in [0.1, 0.15) is 136 Å². The van der Waals surface area contributed by atoms with Crippen LogP contribution in [0.15, 0.2) is 0 Å². The van der Waals surface area contributed by atoms with E-state index in [2.05, 4.69) is 13.8 Å². The molecule has 0 nitrogen and oxygen atoms in total. The van der Waals surface area contributed by atoms with Gasteiger partial charge in [0, 0.05) is 10.5 Å². The SMILES string of the molecule is CCCCCCCCCC(S)CCCC(S)CCCCCCCCC. The number of unbranched alkanes of at least 4 members (excludes halogenated alkanes) is 12. The Kier molecular flexibility index (Phi) is 21.6. The van der Waals surface area contributed by atoms with Crippen molar-refractivity contribution in [3.05, 3.63) is 0 Å². The molecule has 0 spiro atoms. The molecule has 0 rings (SSSR count). The second-order valence-corrected chi connectivity index (χ2v) is 9.52. The minimum atomic E-state index is 0.620. The van der Waals surface area contributed by atoms with Crippen molar-refractivity contribution in [3.8, 4) is 0 Å². The van der Waals surface area contributed by atoms with E-state index in [1.165, 1.54) is 122 Å². The molecular weight excluding hydrogens is 340 g/mol. The summed E-state index contributed by atoms with van der Waals surface area (Å²) in [5, 5.41) is 1.24. The van der Waals surface area contributed by atoms with E-state index >= 15 is 0 Å². The molecule has 0 fully saturated rings. The molecule has 0 bridgehead atoms. The largest absolute Gasteiger partial charge is 0.176 e. The average Bonchev–Trinajstić information content (AvgIpc) is 2.60. The van der Waals surface area contributed by atoms with Crippen LogP contribution in [-0.4, -0.2) is 10.5 Å². The molecule has 152 valence electrons. The zero-order chi connectivity index (χ0) is 18.6. The quantitative estimate of drug-likeness (QED) is 0.151. The lowest BCUT2D eigenvalue weighted by Gasteiger charge is -2.13. The first-order chi connectivity index (χ1) is 12.2. The fourth-order valence-electron chi connectivity index (χ4n) is 3.55. The molecule has 0 aliphatic carbocycles. The van der Waals surface area contributed by atoms with Crippen molar-refractivity contribution >= 4 is 25.3 Å². The number of hydrogen-bond donors (Lipinski definition) is 2. The van der Waals surface area contributed by atoms with Gasteiger partial charge in [-0.05, 0) is 25.7 Å². The number of hydrogen-bond acceptors (Lipinski definition) is 2. The van der Waals surface area contributed by atoms with Gasteiger partial charge in [0.05, 0.1) is 0 Å². The molecule has 0 saturated heterocycles. The highest BCUT2D eigenvalue weighted by atomic mass is 32.1. The lowest BCUT2D eigenvalue weighted by atomic mass is 10.0. The Hall–Kier alpha value is 0.700. The van der Waals surface area contributed by atoms with E-state index in [-0.39, 0.29) is 0 Å². The van der Waals surface area contributed by atoms with Crippen LogP contribution in [-0.2, 0) is 0 Å². The van der Waals surface area contributed by atoms with Gasteiger partial charge in [0.15, 0.2) is 0 Å². The summed E-state index contributed by atoms with van der Waals surface area (Å²) in [6.07, 6.45) is 26.2. The minimum absolute atomic E-state index is 0.620. The Morgan fingerprint density at radius 2 is 0.680 bits per heavy atom. The van der Waals surface area contributed by atoms with Crippen LogP contribution in [0, 0.1) is 0 Å². The van der Waals surface area contributed by atoms with Gasteiger partial charge in [-0.3, -0.25) is 0 Å². The molecule has 0 heterocycles. The van der Waals surface area contributed by atoms with Crippen LogP contribution in [0.2, 0.25) is 0 Å². The van der Waals surface area contributed by atoms with E-state index in [0.717, 1.165) is 0 Å². The predicted molar refractivity (Wildman–Crippen MR) is 125 cm³/mol. The fraction of sp³-hybridized carbons (Fsp3) is 1.00. The van der Waals surface area contributed by atoms with Crippen LogP contribution < -0.4 is 0 Å². The molecule has 2 atom stereocenters. The Labute approximate surface area is 171 Å². The molecule has 0 aromatic carbocycles. The standard InChI is InChI=1S/C23H48S2/c1-3-5-7-9-11-13-15-18-22(24)20-17-21-23(25)19-16-14-12-10-8-6-4-2/h22-25H,3-21H2,1-2H3. The Morgan fingerprint density at radius 3 is 1.04 bits per heavy atom. The second kappa shape index (κ2) is 21.0. The molecule has 25 heavy (non-hydrogen) atoms. The molecular formula is C23H48S2. The summed E-state index contributed by atoms with van der Waals surface area (Å²) in [6, 6.07) is 0. The Bertz CT molecular complexity index is 218. The molecule has 0 aliphatic heterocycles. The highest BCUT2D eigenvalue weighted by Gasteiger charge is 2.07. The first-order valence-corrected chi connectivity index (χ1v) is 12.6. The van der Waals surface area contributed by atoms with Gasteiger partial charge in [-0.25, -0.2) is 0 Å². The van der Waals surface area contributed by atoms with Crippen molar-refractivity contribution in [3.63, 3.8) is 0 Å². The maximum atomic E-state index is 4.79. The zero-order valence-corrected chi connectivity index (χ0v) is 19.3. The van der Waals surface area contributed by atoms with E-state index in [4.69, 9.17) is 25.3 Å². The van der Waals surface area contributed by atoms with Gasteiger partial charge in [0.25, 0.3) is 0 Å². The van der Waals surface area contributed by atoms with Crippen molar-refractivity contribution in [2.45, 2.75) is 146 Å². The van der Waals surface area contributed by atoms with Crippen molar-refractivity contribution in [2.75, 3.05) is 0 Å². The maximum Gasteiger partial charge on any atom is 0.00168 e. The van der Waals surface area contributed by atoms with Gasteiger partial charge in [-0.2, -0.15) is 25.3 Å². The van der Waals surface area contributed by atoms with Crippen molar-refractivity contribution in [1.82, 2.24) is 0 Å². The van der Waals surface area contributed by atoms with E-state index in [1.807, 2.05) is 0 Å². The van der Waals surface area contributed by atoms with Gasteiger partial charge in [0.2, 0.25) is 0 Å². The van der Waals surface area contributed by atoms with Gasteiger partial charge in [-0.1, -0.05) is 110 Å². The smallest absolute Gasteiger partial charge is 0.00168 e. The summed E-state index contributed by atoms with van der Waals surface area (Å²) in [6.45, 7) is 4.57. The van der Waals surface area contributed by atoms with Gasteiger partial charge >= 0.3 is 0 Å². The van der Waals surface area contributed by atoms with Gasteiger partial charge in [-0.15, -0.1) is 0 Å². The predicted octanol–water partition coefficient (Wildman–Crippen LogP) is 9.03. The molecule has 0 saturated carbocycles. The van der Waals surface area contributed by atoms with Crippen LogP contribution in [0.3, 0.4) is 0 Å². The number of rotatable bonds is 20. The monoisotopic (exact) mass is 388 g/mol. The average molecular weight is 389 g/mol. The summed E-state index contributed by atoms with van der Waals surface area (Å²) in [5.74, 6) is 0. The van der Waals surface area contributed by atoms with Gasteiger partial charge < -0.3 is 0 Å². The summed E-state index contributed by atoms with van der Waals surface area (Å²) in [5.41, 5.74) is 0. The first kappa shape index (κ1) is 25.7. The van der Waals surface area contributed by atoms with Crippen molar-refractivity contribution in [2.24, 2.45) is 0 Å². The second-order valence-electron chi connectivity index (χ2n) is 8.06. The van der Waals surface area contributed by atoms with Crippen LogP contribution in [0.5, 0.6) is 0 Å². The van der Waals surface area contributed by atoms with E-state index in [0.29, 0.717) is 10.5 Å². The first-order valence-electron chi connectivity index (χ1n) is 11.6. The fourth-order valence-corrected chi connectivity index (χ4v) is 4.28. The molecule has 2 unspecified atom stereocenters. The number of thiol groups is 2. The lowest BCUT2D eigenvalue weighted by molar-refractivity contribution is 0.533. The molecule has 0 amide bonds. The molecule has 0 N–H and O–H groups in total. The lowest BCUT2D eigenvalue weighted by Crippen LogP contribution is -2.03. The van der Waals surface area contributed by atoms with E-state index < -0.39 is 0 Å². The van der Waals surface area contributed by atoms with Gasteiger partial charge in [0.1, 0.15) is 0 Å². The van der Waals surface area contributed by atoms with Crippen molar-refractivity contribution < 1.29 is 0 Å². The zero-order valence-electron chi connectivity index (χ0n) is 17.5. The molecule has 0 aliphatic rings. The summed E-state index contributed by atoms with van der Waals surface area (Å²) in [7, 11) is 0. The molecule has 0 aromatic rings. The van der Waals surface area contributed by atoms with Crippen molar-refractivity contribution in [1.29, 1.82) is 0 Å². The highest BCUT2D eigenvalue weighted by molar-refractivity contribution is 7.81. The maximum absolute atomic E-state index is 4.79. The van der Waals surface area contributed by atoms with Crippen LogP contribution >= 0.6 is 25.3 Å². The Morgan fingerprint density at radius 1 is 0.400 bits per heavy atom. The van der Waals surface area contributed by atoms with E-state index in [1.54, 1.807) is 0 Å². The third kappa shape index (κ3) is 20.9. The highest BCUT2D eigenvalue weighted by Crippen LogP contribution is 2.20. The van der Waals surface area contributed by atoms with Crippen LogP contribution in [0.25, 0.3) is 0 Å². The third-order valence-corrected chi connectivity index (χ3v) is 6.39. The molecule has 0 radical (unpaired) electrons. The summed E-state index contributed by atoms with van der Waals surface area (Å²) >= 11 is 9.58. The topological polar surface area (TPSA) is 0 Å². The summed E-state index contributed by atoms with van der Waals surface area (Å²) in [4.78, 5) is 0. The summed E-state index contributed by atoms with van der Waals surface area (Å²) < 4.78 is 0.